The molecule has 0 fully saturated rings. The molecule has 0 amide bonds. The van der Waals surface area contributed by atoms with Crippen molar-refractivity contribution in [3.8, 4) is 0 Å². The second-order valence-corrected chi connectivity index (χ2v) is 3.60. The van der Waals surface area contributed by atoms with E-state index in [9.17, 15) is 5.11 Å². The van der Waals surface area contributed by atoms with Gasteiger partial charge in [0.05, 0.1) is 5.60 Å². The zero-order valence-corrected chi connectivity index (χ0v) is 7.93. The number of hydrogen-bond acceptors (Lipinski definition) is 2. The number of hydrogen-bond donors (Lipinski definition) is 2. The van der Waals surface area contributed by atoms with E-state index in [0.717, 1.165) is 19.3 Å². The Balaban J connectivity index is 3.77. The zero-order chi connectivity index (χ0) is 8.91. The van der Waals surface area contributed by atoms with E-state index in [1.165, 1.54) is 0 Å². The van der Waals surface area contributed by atoms with Crippen LogP contribution >= 0.6 is 0 Å². The van der Waals surface area contributed by atoms with Crippen LogP contribution in [0.25, 0.3) is 0 Å². The van der Waals surface area contributed by atoms with Gasteiger partial charge in [-0.15, -0.1) is 0 Å². The average molecular weight is 159 g/mol. The maximum Gasteiger partial charge on any atom is 0.0657 e. The van der Waals surface area contributed by atoms with Gasteiger partial charge in [0.2, 0.25) is 0 Å². The van der Waals surface area contributed by atoms with Crippen LogP contribution in [-0.4, -0.2) is 17.3 Å². The van der Waals surface area contributed by atoms with Gasteiger partial charge in [-0.3, -0.25) is 0 Å². The lowest BCUT2D eigenvalue weighted by Crippen LogP contribution is -2.37. The molecular formula is C9H21NO. The lowest BCUT2D eigenvalue weighted by atomic mass is 9.86. The van der Waals surface area contributed by atoms with Crippen LogP contribution in [0.3, 0.4) is 0 Å². The van der Waals surface area contributed by atoms with Gasteiger partial charge >= 0.3 is 0 Å². The molecule has 0 saturated carbocycles. The first-order valence-corrected chi connectivity index (χ1v) is 4.47. The molecule has 0 aliphatic carbocycles. The van der Waals surface area contributed by atoms with Crippen molar-refractivity contribution in [1.29, 1.82) is 0 Å². The van der Waals surface area contributed by atoms with Crippen molar-refractivity contribution < 1.29 is 5.11 Å². The molecule has 0 heterocycles. The fourth-order valence-electron chi connectivity index (χ4n) is 1.03. The second-order valence-electron chi connectivity index (χ2n) is 3.60. The van der Waals surface area contributed by atoms with E-state index in [4.69, 9.17) is 5.73 Å². The van der Waals surface area contributed by atoms with Gasteiger partial charge in [0.25, 0.3) is 0 Å². The molecule has 2 unspecified atom stereocenters. The molecule has 0 rings (SSSR count). The average Bonchev–Trinajstić information content (AvgIpc) is 1.99. The third-order valence-electron chi connectivity index (χ3n) is 2.45. The molecule has 68 valence electrons. The summed E-state index contributed by atoms with van der Waals surface area (Å²) in [5.41, 5.74) is 4.91. The highest BCUT2D eigenvalue weighted by Crippen LogP contribution is 2.22. The Morgan fingerprint density at radius 2 is 2.09 bits per heavy atom. The first kappa shape index (κ1) is 10.9. The lowest BCUT2D eigenvalue weighted by Gasteiger charge is -2.29. The van der Waals surface area contributed by atoms with Gasteiger partial charge in [0.15, 0.2) is 0 Å². The van der Waals surface area contributed by atoms with Crippen LogP contribution < -0.4 is 5.73 Å². The summed E-state index contributed by atoms with van der Waals surface area (Å²) in [5.74, 6) is 0.203. The van der Waals surface area contributed by atoms with E-state index in [1.807, 2.05) is 13.8 Å². The highest BCUT2D eigenvalue weighted by Gasteiger charge is 2.25. The predicted molar refractivity (Wildman–Crippen MR) is 48.4 cm³/mol. The first-order chi connectivity index (χ1) is 5.04. The Morgan fingerprint density at radius 3 is 2.45 bits per heavy atom. The minimum absolute atomic E-state index is 0.203. The zero-order valence-electron chi connectivity index (χ0n) is 7.93. The Labute approximate surface area is 69.8 Å². The van der Waals surface area contributed by atoms with E-state index in [-0.39, 0.29) is 5.92 Å². The van der Waals surface area contributed by atoms with Crippen LogP contribution in [0.1, 0.15) is 40.0 Å². The fourth-order valence-corrected chi connectivity index (χ4v) is 1.03. The Hall–Kier alpha value is -0.0800. The molecule has 11 heavy (non-hydrogen) atoms. The monoisotopic (exact) mass is 159 g/mol. The van der Waals surface area contributed by atoms with E-state index >= 15 is 0 Å². The van der Waals surface area contributed by atoms with Gasteiger partial charge in [-0.05, 0) is 25.8 Å². The van der Waals surface area contributed by atoms with Crippen molar-refractivity contribution in [1.82, 2.24) is 0 Å². The van der Waals surface area contributed by atoms with Crippen molar-refractivity contribution in [2.45, 2.75) is 45.6 Å². The number of nitrogens with two attached hydrogens (primary N) is 1. The molecule has 2 nitrogen and oxygen atoms in total. The highest BCUT2D eigenvalue weighted by atomic mass is 16.3. The first-order valence-electron chi connectivity index (χ1n) is 4.47. The molecule has 0 saturated heterocycles. The summed E-state index contributed by atoms with van der Waals surface area (Å²) in [4.78, 5) is 0. The van der Waals surface area contributed by atoms with Gasteiger partial charge in [0, 0.05) is 0 Å². The van der Waals surface area contributed by atoms with Gasteiger partial charge in [-0.1, -0.05) is 26.7 Å². The summed E-state index contributed by atoms with van der Waals surface area (Å²) >= 11 is 0. The topological polar surface area (TPSA) is 46.2 Å². The van der Waals surface area contributed by atoms with Crippen LogP contribution in [0.4, 0.5) is 0 Å². The van der Waals surface area contributed by atoms with Crippen LogP contribution in [0.5, 0.6) is 0 Å². The number of unbranched alkanes of at least 4 members (excludes halogenated alkanes) is 1. The van der Waals surface area contributed by atoms with Gasteiger partial charge in [-0.25, -0.2) is 0 Å². The fraction of sp³-hybridized carbons (Fsp3) is 1.00. The molecule has 0 aliphatic rings. The van der Waals surface area contributed by atoms with Crippen molar-refractivity contribution in [2.24, 2.45) is 11.7 Å². The van der Waals surface area contributed by atoms with Crippen molar-refractivity contribution in [3.05, 3.63) is 0 Å². The largest absolute Gasteiger partial charge is 0.390 e. The van der Waals surface area contributed by atoms with E-state index < -0.39 is 5.60 Å². The quantitative estimate of drug-likeness (QED) is 0.639. The maximum absolute atomic E-state index is 9.83. The van der Waals surface area contributed by atoms with Crippen molar-refractivity contribution >= 4 is 0 Å². The van der Waals surface area contributed by atoms with Crippen LogP contribution in [-0.2, 0) is 0 Å². The summed E-state index contributed by atoms with van der Waals surface area (Å²) in [7, 11) is 0. The van der Waals surface area contributed by atoms with E-state index in [0.29, 0.717) is 6.54 Å². The molecule has 0 spiro atoms. The third-order valence-corrected chi connectivity index (χ3v) is 2.45. The summed E-state index contributed by atoms with van der Waals surface area (Å²) in [6.45, 7) is 6.57. The Morgan fingerprint density at radius 1 is 1.55 bits per heavy atom. The molecule has 0 aliphatic heterocycles. The molecular weight excluding hydrogens is 138 g/mol. The minimum Gasteiger partial charge on any atom is -0.390 e. The Bertz CT molecular complexity index is 102. The van der Waals surface area contributed by atoms with Gasteiger partial charge in [0.1, 0.15) is 0 Å². The summed E-state index contributed by atoms with van der Waals surface area (Å²) in [6.07, 6.45) is 3.08. The molecule has 2 heteroatoms. The summed E-state index contributed by atoms with van der Waals surface area (Å²) < 4.78 is 0. The number of aliphatic hydroxyl groups is 1. The van der Waals surface area contributed by atoms with Crippen molar-refractivity contribution in [3.63, 3.8) is 0 Å². The molecule has 0 aromatic carbocycles. The van der Waals surface area contributed by atoms with Crippen molar-refractivity contribution in [2.75, 3.05) is 6.54 Å². The lowest BCUT2D eigenvalue weighted by molar-refractivity contribution is -0.0000963. The highest BCUT2D eigenvalue weighted by molar-refractivity contribution is 4.79. The van der Waals surface area contributed by atoms with Gasteiger partial charge in [-0.2, -0.15) is 0 Å². The standard InChI is InChI=1S/C9H21NO/c1-4-5-6-9(3,11)8(2)7-10/h8,11H,4-7,10H2,1-3H3. The minimum atomic E-state index is -0.565. The molecule has 0 aromatic rings. The van der Waals surface area contributed by atoms with Crippen LogP contribution in [0.2, 0.25) is 0 Å². The second kappa shape index (κ2) is 4.73. The SMILES string of the molecule is CCCCC(C)(O)C(C)CN. The van der Waals surface area contributed by atoms with E-state index in [2.05, 4.69) is 6.92 Å². The normalized spacial score (nSPS) is 19.4. The molecule has 2 atom stereocenters. The molecule has 0 aromatic heterocycles. The summed E-state index contributed by atoms with van der Waals surface area (Å²) in [6, 6.07) is 0. The van der Waals surface area contributed by atoms with Crippen LogP contribution in [0.15, 0.2) is 0 Å². The third kappa shape index (κ3) is 3.73. The molecule has 0 bridgehead atoms. The summed E-state index contributed by atoms with van der Waals surface area (Å²) in [5, 5.41) is 9.83. The number of rotatable bonds is 5. The maximum atomic E-state index is 9.83. The van der Waals surface area contributed by atoms with E-state index in [1.54, 1.807) is 0 Å². The predicted octanol–water partition coefficient (Wildman–Crippen LogP) is 1.52. The van der Waals surface area contributed by atoms with Crippen LogP contribution in [0, 0.1) is 5.92 Å². The molecule has 3 N–H and O–H groups in total. The Kier molecular flexibility index (Phi) is 4.69. The smallest absolute Gasteiger partial charge is 0.0657 e. The molecule has 0 radical (unpaired) electrons. The van der Waals surface area contributed by atoms with Gasteiger partial charge < -0.3 is 10.8 Å².